The standard InChI is InChI=1S/C15H11Cl2N.ClH/c1-18-14-5-3-2-4-10(14)8-15(18)12-7-6-11(16)9-13(12)17;/h2-9H,1H3;1H. The first-order valence-electron chi connectivity index (χ1n) is 5.67. The average molecular weight is 313 g/mol. The van der Waals surface area contributed by atoms with Crippen LogP contribution in [0.2, 0.25) is 10.0 Å². The summed E-state index contributed by atoms with van der Waals surface area (Å²) in [6.07, 6.45) is 0. The van der Waals surface area contributed by atoms with E-state index in [4.69, 9.17) is 23.2 Å². The lowest BCUT2D eigenvalue weighted by Gasteiger charge is -2.06. The van der Waals surface area contributed by atoms with Crippen LogP contribution >= 0.6 is 35.6 Å². The van der Waals surface area contributed by atoms with Crippen molar-refractivity contribution in [3.8, 4) is 11.3 Å². The van der Waals surface area contributed by atoms with Gasteiger partial charge in [0, 0.05) is 28.5 Å². The van der Waals surface area contributed by atoms with Crippen LogP contribution in [-0.2, 0) is 7.05 Å². The molecule has 0 saturated carbocycles. The zero-order valence-corrected chi connectivity index (χ0v) is 12.6. The van der Waals surface area contributed by atoms with Crippen molar-refractivity contribution in [1.29, 1.82) is 0 Å². The molecule has 0 atom stereocenters. The van der Waals surface area contributed by atoms with Gasteiger partial charge >= 0.3 is 0 Å². The molecule has 0 N–H and O–H groups in total. The largest absolute Gasteiger partial charge is 0.344 e. The van der Waals surface area contributed by atoms with Gasteiger partial charge in [-0.1, -0.05) is 41.4 Å². The summed E-state index contributed by atoms with van der Waals surface area (Å²) >= 11 is 12.2. The Morgan fingerprint density at radius 1 is 0.947 bits per heavy atom. The molecule has 3 rings (SSSR count). The molecule has 0 aliphatic carbocycles. The number of nitrogens with zero attached hydrogens (tertiary/aromatic N) is 1. The minimum absolute atomic E-state index is 0. The van der Waals surface area contributed by atoms with E-state index in [0.29, 0.717) is 10.0 Å². The van der Waals surface area contributed by atoms with Crippen LogP contribution in [0.3, 0.4) is 0 Å². The van der Waals surface area contributed by atoms with E-state index >= 15 is 0 Å². The summed E-state index contributed by atoms with van der Waals surface area (Å²) in [7, 11) is 2.04. The van der Waals surface area contributed by atoms with E-state index < -0.39 is 0 Å². The molecule has 0 spiro atoms. The Bertz CT molecular complexity index is 731. The Hall–Kier alpha value is -1.15. The summed E-state index contributed by atoms with van der Waals surface area (Å²) in [4.78, 5) is 0. The summed E-state index contributed by atoms with van der Waals surface area (Å²) in [5.41, 5.74) is 3.29. The lowest BCUT2D eigenvalue weighted by atomic mass is 10.1. The van der Waals surface area contributed by atoms with Gasteiger partial charge in [0.25, 0.3) is 0 Å². The number of aromatic nitrogens is 1. The van der Waals surface area contributed by atoms with E-state index in [1.165, 1.54) is 10.9 Å². The third-order valence-corrected chi connectivity index (χ3v) is 3.71. The molecule has 1 aromatic heterocycles. The van der Waals surface area contributed by atoms with Gasteiger partial charge in [-0.3, -0.25) is 0 Å². The molecule has 0 bridgehead atoms. The topological polar surface area (TPSA) is 4.93 Å². The maximum Gasteiger partial charge on any atom is 0.0514 e. The van der Waals surface area contributed by atoms with Crippen LogP contribution in [0.1, 0.15) is 0 Å². The second-order valence-corrected chi connectivity index (χ2v) is 5.12. The Labute approximate surface area is 128 Å². The van der Waals surface area contributed by atoms with Crippen LogP contribution in [0, 0.1) is 0 Å². The number of rotatable bonds is 1. The SMILES string of the molecule is Cl.Cn1c(-c2ccc(Cl)cc2Cl)cc2ccccc21. The highest BCUT2D eigenvalue weighted by molar-refractivity contribution is 6.36. The molecule has 0 saturated heterocycles. The van der Waals surface area contributed by atoms with Crippen LogP contribution < -0.4 is 0 Å². The maximum atomic E-state index is 6.27. The molecule has 0 aliphatic heterocycles. The first kappa shape index (κ1) is 14.3. The third kappa shape index (κ3) is 2.46. The fraction of sp³-hybridized carbons (Fsp3) is 0.0667. The quantitative estimate of drug-likeness (QED) is 0.553. The van der Waals surface area contributed by atoms with Gasteiger partial charge in [-0.25, -0.2) is 0 Å². The van der Waals surface area contributed by atoms with Crippen molar-refractivity contribution in [3.63, 3.8) is 0 Å². The Balaban J connectivity index is 0.00000133. The fourth-order valence-electron chi connectivity index (χ4n) is 2.24. The van der Waals surface area contributed by atoms with Gasteiger partial charge in [-0.15, -0.1) is 12.4 Å². The zero-order valence-electron chi connectivity index (χ0n) is 10.2. The molecule has 1 heterocycles. The highest BCUT2D eigenvalue weighted by atomic mass is 35.5. The second kappa shape index (κ2) is 5.46. The molecule has 0 fully saturated rings. The average Bonchev–Trinajstić information content (AvgIpc) is 2.68. The van der Waals surface area contributed by atoms with Crippen molar-refractivity contribution in [3.05, 3.63) is 58.6 Å². The maximum absolute atomic E-state index is 6.27. The third-order valence-electron chi connectivity index (χ3n) is 3.16. The van der Waals surface area contributed by atoms with Crippen LogP contribution in [0.25, 0.3) is 22.2 Å². The van der Waals surface area contributed by atoms with Crippen molar-refractivity contribution in [2.75, 3.05) is 0 Å². The number of hydrogen-bond acceptors (Lipinski definition) is 0. The fourth-order valence-corrected chi connectivity index (χ4v) is 2.75. The van der Waals surface area contributed by atoms with E-state index in [1.807, 2.05) is 31.3 Å². The molecule has 2 aromatic carbocycles. The lowest BCUT2D eigenvalue weighted by molar-refractivity contribution is 0.978. The van der Waals surface area contributed by atoms with Crippen LogP contribution in [0.5, 0.6) is 0 Å². The van der Waals surface area contributed by atoms with Crippen molar-refractivity contribution in [2.45, 2.75) is 0 Å². The first-order chi connectivity index (χ1) is 8.66. The van der Waals surface area contributed by atoms with Gasteiger partial charge in [0.1, 0.15) is 0 Å². The number of benzene rings is 2. The molecule has 0 aliphatic rings. The summed E-state index contributed by atoms with van der Waals surface area (Å²) in [6, 6.07) is 16.0. The van der Waals surface area contributed by atoms with E-state index in [2.05, 4.69) is 22.8 Å². The Morgan fingerprint density at radius 2 is 1.68 bits per heavy atom. The van der Waals surface area contributed by atoms with Crippen molar-refractivity contribution in [1.82, 2.24) is 4.57 Å². The van der Waals surface area contributed by atoms with Gasteiger partial charge < -0.3 is 4.57 Å². The normalized spacial score (nSPS) is 10.5. The van der Waals surface area contributed by atoms with E-state index in [9.17, 15) is 0 Å². The Morgan fingerprint density at radius 3 is 2.37 bits per heavy atom. The molecule has 0 radical (unpaired) electrons. The van der Waals surface area contributed by atoms with Gasteiger partial charge in [-0.05, 0) is 30.3 Å². The molecular weight excluding hydrogens is 301 g/mol. The molecule has 0 unspecified atom stereocenters. The first-order valence-corrected chi connectivity index (χ1v) is 6.42. The molecule has 4 heteroatoms. The smallest absolute Gasteiger partial charge is 0.0514 e. The summed E-state index contributed by atoms with van der Waals surface area (Å²) in [5, 5.41) is 2.54. The molecule has 0 amide bonds. The van der Waals surface area contributed by atoms with Gasteiger partial charge in [0.05, 0.1) is 10.7 Å². The molecule has 98 valence electrons. The number of hydrogen-bond donors (Lipinski definition) is 0. The highest BCUT2D eigenvalue weighted by Crippen LogP contribution is 2.33. The lowest BCUT2D eigenvalue weighted by Crippen LogP contribution is -1.91. The van der Waals surface area contributed by atoms with Crippen LogP contribution in [0.15, 0.2) is 48.5 Å². The molecule has 19 heavy (non-hydrogen) atoms. The zero-order chi connectivity index (χ0) is 12.7. The van der Waals surface area contributed by atoms with E-state index in [1.54, 1.807) is 6.07 Å². The summed E-state index contributed by atoms with van der Waals surface area (Å²) in [5.74, 6) is 0. The van der Waals surface area contributed by atoms with Gasteiger partial charge in [0.15, 0.2) is 0 Å². The summed E-state index contributed by atoms with van der Waals surface area (Å²) < 4.78 is 2.14. The highest BCUT2D eigenvalue weighted by Gasteiger charge is 2.10. The Kier molecular flexibility index (Phi) is 4.10. The number of halogens is 3. The van der Waals surface area contributed by atoms with Gasteiger partial charge in [-0.2, -0.15) is 0 Å². The van der Waals surface area contributed by atoms with Crippen molar-refractivity contribution >= 4 is 46.5 Å². The van der Waals surface area contributed by atoms with Crippen molar-refractivity contribution < 1.29 is 0 Å². The van der Waals surface area contributed by atoms with Crippen molar-refractivity contribution in [2.24, 2.45) is 7.05 Å². The second-order valence-electron chi connectivity index (χ2n) is 4.27. The van der Waals surface area contributed by atoms with E-state index in [0.717, 1.165) is 11.3 Å². The minimum atomic E-state index is 0. The predicted octanol–water partition coefficient (Wildman–Crippen LogP) is 5.57. The number of aryl methyl sites for hydroxylation is 1. The number of para-hydroxylation sites is 1. The number of fused-ring (bicyclic) bond motifs is 1. The van der Waals surface area contributed by atoms with Gasteiger partial charge in [0.2, 0.25) is 0 Å². The molecule has 1 nitrogen and oxygen atoms in total. The predicted molar refractivity (Wildman–Crippen MR) is 85.6 cm³/mol. The summed E-state index contributed by atoms with van der Waals surface area (Å²) in [6.45, 7) is 0. The minimum Gasteiger partial charge on any atom is -0.344 e. The monoisotopic (exact) mass is 311 g/mol. The molecule has 3 aromatic rings. The van der Waals surface area contributed by atoms with Crippen LogP contribution in [0.4, 0.5) is 0 Å². The van der Waals surface area contributed by atoms with Crippen LogP contribution in [-0.4, -0.2) is 4.57 Å². The molecular formula is C15H12Cl3N. The van der Waals surface area contributed by atoms with E-state index in [-0.39, 0.29) is 12.4 Å².